The molecule has 104 valence electrons. The second-order valence-electron chi connectivity index (χ2n) is 6.24. The van der Waals surface area contributed by atoms with E-state index in [-0.39, 0.29) is 11.2 Å². The molecule has 0 unspecified atom stereocenters. The van der Waals surface area contributed by atoms with Crippen molar-refractivity contribution in [2.75, 3.05) is 18.0 Å². The molecule has 1 saturated heterocycles. The van der Waals surface area contributed by atoms with Gasteiger partial charge in [-0.3, -0.25) is 9.78 Å². The minimum Gasteiger partial charge on any atom is -0.366 e. The largest absolute Gasteiger partial charge is 0.366 e. The first-order chi connectivity index (χ1) is 8.69. The van der Waals surface area contributed by atoms with E-state index >= 15 is 0 Å². The van der Waals surface area contributed by atoms with Gasteiger partial charge in [0.05, 0.1) is 11.2 Å². The number of nitrogens with two attached hydrogens (primary N) is 1. The number of rotatable bonds is 2. The molecule has 1 aromatic rings. The van der Waals surface area contributed by atoms with E-state index in [0.717, 1.165) is 18.8 Å². The van der Waals surface area contributed by atoms with Crippen LogP contribution < -0.4 is 10.6 Å². The molecule has 1 aliphatic heterocycles. The number of hydrogen-bond donors (Lipinski definition) is 1. The Kier molecular flexibility index (Phi) is 3.26. The van der Waals surface area contributed by atoms with Crippen LogP contribution in [0.15, 0.2) is 18.3 Å². The zero-order valence-corrected chi connectivity index (χ0v) is 11.9. The van der Waals surface area contributed by atoms with Gasteiger partial charge in [-0.2, -0.15) is 0 Å². The molecule has 19 heavy (non-hydrogen) atoms. The Morgan fingerprint density at radius 2 is 1.89 bits per heavy atom. The second-order valence-corrected chi connectivity index (χ2v) is 6.24. The highest BCUT2D eigenvalue weighted by Crippen LogP contribution is 2.31. The standard InChI is InChI=1S/C14H21N3O2/c1-13(2)8-17(9-14(3,4)19-13)10-5-6-16-11(7-10)12(15)18/h5-7H,8-9H2,1-4H3,(H2,15,18). The Hall–Kier alpha value is -1.62. The minimum atomic E-state index is -0.506. The van der Waals surface area contributed by atoms with Gasteiger partial charge >= 0.3 is 0 Å². The van der Waals surface area contributed by atoms with Gasteiger partial charge in [-0.15, -0.1) is 0 Å². The molecule has 0 radical (unpaired) electrons. The van der Waals surface area contributed by atoms with Gasteiger partial charge in [0.2, 0.25) is 0 Å². The number of anilines is 1. The van der Waals surface area contributed by atoms with Gasteiger partial charge in [-0.05, 0) is 39.8 Å². The van der Waals surface area contributed by atoms with Crippen molar-refractivity contribution in [2.24, 2.45) is 5.73 Å². The highest BCUT2D eigenvalue weighted by Gasteiger charge is 2.38. The molecule has 1 fully saturated rings. The lowest BCUT2D eigenvalue weighted by Crippen LogP contribution is -2.57. The van der Waals surface area contributed by atoms with E-state index in [1.165, 1.54) is 0 Å². The summed E-state index contributed by atoms with van der Waals surface area (Å²) in [6, 6.07) is 3.63. The quantitative estimate of drug-likeness (QED) is 0.879. The van der Waals surface area contributed by atoms with E-state index < -0.39 is 5.91 Å². The van der Waals surface area contributed by atoms with E-state index in [4.69, 9.17) is 10.5 Å². The maximum Gasteiger partial charge on any atom is 0.267 e. The average Bonchev–Trinajstić information content (AvgIpc) is 2.25. The molecule has 0 spiro atoms. The number of ether oxygens (including phenoxy) is 1. The summed E-state index contributed by atoms with van der Waals surface area (Å²) in [4.78, 5) is 17.4. The summed E-state index contributed by atoms with van der Waals surface area (Å²) in [5.74, 6) is -0.506. The summed E-state index contributed by atoms with van der Waals surface area (Å²) in [5, 5.41) is 0. The first kappa shape index (κ1) is 13.8. The van der Waals surface area contributed by atoms with Crippen LogP contribution >= 0.6 is 0 Å². The highest BCUT2D eigenvalue weighted by atomic mass is 16.5. The van der Waals surface area contributed by atoms with E-state index in [1.807, 2.05) is 6.07 Å². The molecule has 1 aromatic heterocycles. The van der Waals surface area contributed by atoms with Crippen LogP contribution in [0.3, 0.4) is 0 Å². The van der Waals surface area contributed by atoms with E-state index in [1.54, 1.807) is 12.3 Å². The maximum absolute atomic E-state index is 11.2. The Morgan fingerprint density at radius 1 is 1.32 bits per heavy atom. The average molecular weight is 263 g/mol. The highest BCUT2D eigenvalue weighted by molar-refractivity contribution is 5.91. The molecule has 0 bridgehead atoms. The van der Waals surface area contributed by atoms with Crippen molar-refractivity contribution < 1.29 is 9.53 Å². The van der Waals surface area contributed by atoms with Crippen molar-refractivity contribution in [1.29, 1.82) is 0 Å². The number of hydrogen-bond acceptors (Lipinski definition) is 4. The summed E-state index contributed by atoms with van der Waals surface area (Å²) in [6.45, 7) is 9.79. The van der Waals surface area contributed by atoms with Crippen LogP contribution in [0.2, 0.25) is 0 Å². The number of aromatic nitrogens is 1. The molecule has 2 N–H and O–H groups in total. The number of primary amides is 1. The molecule has 5 nitrogen and oxygen atoms in total. The van der Waals surface area contributed by atoms with E-state index in [2.05, 4.69) is 37.6 Å². The van der Waals surface area contributed by atoms with Crippen molar-refractivity contribution in [3.63, 3.8) is 0 Å². The summed E-state index contributed by atoms with van der Waals surface area (Å²) < 4.78 is 6.04. The summed E-state index contributed by atoms with van der Waals surface area (Å²) >= 11 is 0. The Balaban J connectivity index is 2.30. The molecule has 1 amide bonds. The van der Waals surface area contributed by atoms with Gasteiger partial charge in [0.25, 0.3) is 5.91 Å². The van der Waals surface area contributed by atoms with Crippen LogP contribution in [0.1, 0.15) is 38.2 Å². The van der Waals surface area contributed by atoms with Crippen LogP contribution in [-0.2, 0) is 4.74 Å². The first-order valence-electron chi connectivity index (χ1n) is 6.40. The zero-order valence-electron chi connectivity index (χ0n) is 11.9. The first-order valence-corrected chi connectivity index (χ1v) is 6.40. The van der Waals surface area contributed by atoms with Crippen molar-refractivity contribution in [3.05, 3.63) is 24.0 Å². The van der Waals surface area contributed by atoms with Crippen LogP contribution in [0.25, 0.3) is 0 Å². The lowest BCUT2D eigenvalue weighted by Gasteiger charge is -2.48. The van der Waals surface area contributed by atoms with Crippen LogP contribution in [0.5, 0.6) is 0 Å². The third kappa shape index (κ3) is 3.23. The SMILES string of the molecule is CC1(C)CN(c2ccnc(C(N)=O)c2)CC(C)(C)O1. The van der Waals surface area contributed by atoms with Gasteiger partial charge in [-0.1, -0.05) is 0 Å². The van der Waals surface area contributed by atoms with Crippen molar-refractivity contribution in [3.8, 4) is 0 Å². The van der Waals surface area contributed by atoms with E-state index in [0.29, 0.717) is 5.69 Å². The Bertz CT molecular complexity index is 481. The molecule has 0 atom stereocenters. The van der Waals surface area contributed by atoms with Gasteiger partial charge in [0, 0.05) is 25.0 Å². The normalized spacial score (nSPS) is 21.2. The number of carbonyl (C=O) groups is 1. The molecular formula is C14H21N3O2. The van der Waals surface area contributed by atoms with Gasteiger partial charge in [0.1, 0.15) is 5.69 Å². The molecule has 0 saturated carbocycles. The predicted octanol–water partition coefficient (Wildman–Crippen LogP) is 1.57. The lowest BCUT2D eigenvalue weighted by molar-refractivity contribution is -0.133. The topological polar surface area (TPSA) is 68.5 Å². The Labute approximate surface area is 113 Å². The second kappa shape index (κ2) is 4.49. The number of morpholine rings is 1. The monoisotopic (exact) mass is 263 g/mol. The summed E-state index contributed by atoms with van der Waals surface area (Å²) in [5.41, 5.74) is 6.04. The fourth-order valence-electron chi connectivity index (χ4n) is 2.72. The molecule has 2 rings (SSSR count). The molecule has 5 heteroatoms. The van der Waals surface area contributed by atoms with E-state index in [9.17, 15) is 4.79 Å². The lowest BCUT2D eigenvalue weighted by atomic mass is 9.98. The molecule has 0 aromatic carbocycles. The smallest absolute Gasteiger partial charge is 0.267 e. The van der Waals surface area contributed by atoms with Crippen molar-refractivity contribution in [1.82, 2.24) is 4.98 Å². The van der Waals surface area contributed by atoms with Gasteiger partial charge in [-0.25, -0.2) is 0 Å². The van der Waals surface area contributed by atoms with Crippen LogP contribution in [0, 0.1) is 0 Å². The summed E-state index contributed by atoms with van der Waals surface area (Å²) in [7, 11) is 0. The fraction of sp³-hybridized carbons (Fsp3) is 0.571. The third-order valence-electron chi connectivity index (χ3n) is 3.06. The maximum atomic E-state index is 11.2. The van der Waals surface area contributed by atoms with Gasteiger partial charge in [0.15, 0.2) is 0 Å². The molecular weight excluding hydrogens is 242 g/mol. The number of amides is 1. The van der Waals surface area contributed by atoms with Crippen LogP contribution in [0.4, 0.5) is 5.69 Å². The third-order valence-corrected chi connectivity index (χ3v) is 3.06. The summed E-state index contributed by atoms with van der Waals surface area (Å²) in [6.07, 6.45) is 1.62. The predicted molar refractivity (Wildman–Crippen MR) is 74.2 cm³/mol. The van der Waals surface area contributed by atoms with Crippen molar-refractivity contribution >= 4 is 11.6 Å². The van der Waals surface area contributed by atoms with Crippen LogP contribution in [-0.4, -0.2) is 35.2 Å². The molecule has 0 aliphatic carbocycles. The number of nitrogens with zero attached hydrogens (tertiary/aromatic N) is 2. The Morgan fingerprint density at radius 3 is 2.42 bits per heavy atom. The zero-order chi connectivity index (χ0) is 14.3. The number of carbonyl (C=O) groups excluding carboxylic acids is 1. The minimum absolute atomic E-state index is 0.238. The number of pyridine rings is 1. The van der Waals surface area contributed by atoms with Gasteiger partial charge < -0.3 is 15.4 Å². The molecule has 1 aliphatic rings. The van der Waals surface area contributed by atoms with Crippen molar-refractivity contribution in [2.45, 2.75) is 38.9 Å². The fourth-order valence-corrected chi connectivity index (χ4v) is 2.72. The molecule has 2 heterocycles.